The van der Waals surface area contributed by atoms with Gasteiger partial charge in [0.05, 0.1) is 11.4 Å². The number of hydrogen-bond acceptors (Lipinski definition) is 6. The third kappa shape index (κ3) is 4.40. The average Bonchev–Trinajstić information content (AvgIpc) is 3.36. The van der Waals surface area contributed by atoms with E-state index in [1.807, 2.05) is 17.5 Å². The molecule has 140 valence electrons. The van der Waals surface area contributed by atoms with E-state index in [1.54, 1.807) is 23.1 Å². The van der Waals surface area contributed by atoms with Gasteiger partial charge in [0.15, 0.2) is 5.13 Å². The van der Waals surface area contributed by atoms with Crippen molar-refractivity contribution in [1.82, 2.24) is 24.6 Å². The second-order valence-corrected chi connectivity index (χ2v) is 7.80. The highest BCUT2D eigenvalue weighted by Crippen LogP contribution is 2.21. The lowest BCUT2D eigenvalue weighted by molar-refractivity contribution is 0.102. The third-order valence-corrected chi connectivity index (χ3v) is 5.65. The van der Waals surface area contributed by atoms with Gasteiger partial charge < -0.3 is 0 Å². The number of amides is 1. The van der Waals surface area contributed by atoms with Crippen LogP contribution in [0.4, 0.5) is 5.13 Å². The number of carbonyl (C=O) groups excluding carboxylic acids is 1. The lowest BCUT2D eigenvalue weighted by Gasteiger charge is -2.29. The van der Waals surface area contributed by atoms with Crippen LogP contribution in [-0.4, -0.2) is 43.6 Å². The molecule has 1 aromatic carbocycles. The normalized spacial score (nSPS) is 15.7. The number of nitrogens with zero attached hydrogens (tertiary/aromatic N) is 5. The van der Waals surface area contributed by atoms with Crippen LogP contribution in [0.1, 0.15) is 35.8 Å². The zero-order valence-corrected chi connectivity index (χ0v) is 16.0. The SMILES string of the molecule is CC1CCN(Cc2csc(NC(=O)c3ccc(-n4cncn4)cc3)n2)CC1. The summed E-state index contributed by atoms with van der Waals surface area (Å²) in [6, 6.07) is 7.23. The second-order valence-electron chi connectivity index (χ2n) is 6.94. The maximum absolute atomic E-state index is 12.5. The molecule has 3 aromatic rings. The van der Waals surface area contributed by atoms with Crippen LogP contribution >= 0.6 is 11.3 Å². The fraction of sp³-hybridized carbons (Fsp3) is 0.368. The van der Waals surface area contributed by atoms with Crippen LogP contribution in [0.15, 0.2) is 42.3 Å². The first kappa shape index (κ1) is 17.8. The van der Waals surface area contributed by atoms with Gasteiger partial charge in [-0.3, -0.25) is 15.0 Å². The van der Waals surface area contributed by atoms with Crippen molar-refractivity contribution in [1.29, 1.82) is 0 Å². The quantitative estimate of drug-likeness (QED) is 0.733. The number of benzene rings is 1. The van der Waals surface area contributed by atoms with Crippen LogP contribution in [0, 0.1) is 5.92 Å². The molecule has 1 amide bonds. The first-order chi connectivity index (χ1) is 13.2. The third-order valence-electron chi connectivity index (χ3n) is 4.85. The Labute approximate surface area is 162 Å². The van der Waals surface area contributed by atoms with Gasteiger partial charge in [-0.15, -0.1) is 11.3 Å². The van der Waals surface area contributed by atoms with Gasteiger partial charge in [-0.1, -0.05) is 6.92 Å². The molecule has 1 N–H and O–H groups in total. The number of hydrogen-bond donors (Lipinski definition) is 1. The number of piperidine rings is 1. The molecule has 0 bridgehead atoms. The second kappa shape index (κ2) is 7.98. The van der Waals surface area contributed by atoms with Crippen molar-refractivity contribution in [2.45, 2.75) is 26.3 Å². The van der Waals surface area contributed by atoms with E-state index in [0.717, 1.165) is 36.9 Å². The van der Waals surface area contributed by atoms with Crippen LogP contribution in [-0.2, 0) is 6.54 Å². The molecule has 2 aromatic heterocycles. The molecule has 4 rings (SSSR count). The van der Waals surface area contributed by atoms with E-state index >= 15 is 0 Å². The maximum Gasteiger partial charge on any atom is 0.257 e. The fourth-order valence-electron chi connectivity index (χ4n) is 3.16. The summed E-state index contributed by atoms with van der Waals surface area (Å²) in [5, 5.41) is 9.64. The van der Waals surface area contributed by atoms with Crippen molar-refractivity contribution in [3.8, 4) is 5.69 Å². The molecule has 0 atom stereocenters. The molecular formula is C19H22N6OS. The van der Waals surface area contributed by atoms with Crippen LogP contribution in [0.25, 0.3) is 5.69 Å². The Balaban J connectivity index is 1.35. The van der Waals surface area contributed by atoms with Gasteiger partial charge in [-0.2, -0.15) is 5.10 Å². The van der Waals surface area contributed by atoms with Crippen molar-refractivity contribution in [3.63, 3.8) is 0 Å². The Morgan fingerprint density at radius 3 is 2.74 bits per heavy atom. The van der Waals surface area contributed by atoms with Crippen molar-refractivity contribution in [3.05, 3.63) is 53.6 Å². The topological polar surface area (TPSA) is 75.9 Å². The van der Waals surface area contributed by atoms with E-state index in [0.29, 0.717) is 10.7 Å². The van der Waals surface area contributed by atoms with E-state index in [1.165, 1.54) is 30.5 Å². The van der Waals surface area contributed by atoms with Crippen molar-refractivity contribution < 1.29 is 4.79 Å². The predicted molar refractivity (Wildman–Crippen MR) is 105 cm³/mol. The van der Waals surface area contributed by atoms with E-state index in [4.69, 9.17) is 0 Å². The van der Waals surface area contributed by atoms with Gasteiger partial charge in [0.25, 0.3) is 5.91 Å². The fourth-order valence-corrected chi connectivity index (χ4v) is 3.86. The number of nitrogens with one attached hydrogen (secondary N) is 1. The van der Waals surface area contributed by atoms with Gasteiger partial charge >= 0.3 is 0 Å². The predicted octanol–water partition coefficient (Wildman–Crippen LogP) is 3.21. The van der Waals surface area contributed by atoms with Gasteiger partial charge in [0.1, 0.15) is 12.7 Å². The minimum absolute atomic E-state index is 0.159. The first-order valence-corrected chi connectivity index (χ1v) is 9.98. The summed E-state index contributed by atoms with van der Waals surface area (Å²) < 4.78 is 1.65. The maximum atomic E-state index is 12.5. The summed E-state index contributed by atoms with van der Waals surface area (Å²) in [5.74, 6) is 0.662. The summed E-state index contributed by atoms with van der Waals surface area (Å²) in [6.07, 6.45) is 5.59. The van der Waals surface area contributed by atoms with Crippen LogP contribution in [0.2, 0.25) is 0 Å². The molecule has 3 heterocycles. The Morgan fingerprint density at radius 1 is 1.26 bits per heavy atom. The number of thiazole rings is 1. The summed E-state index contributed by atoms with van der Waals surface area (Å²) in [7, 11) is 0. The molecule has 1 aliphatic heterocycles. The molecule has 1 fully saturated rings. The molecule has 0 radical (unpaired) electrons. The van der Waals surface area contributed by atoms with E-state index in [-0.39, 0.29) is 5.91 Å². The Kier molecular flexibility index (Phi) is 5.26. The highest BCUT2D eigenvalue weighted by molar-refractivity contribution is 7.13. The lowest BCUT2D eigenvalue weighted by atomic mass is 9.99. The molecule has 0 saturated carbocycles. The largest absolute Gasteiger partial charge is 0.298 e. The summed E-state index contributed by atoms with van der Waals surface area (Å²) in [6.45, 7) is 5.41. The van der Waals surface area contributed by atoms with Crippen molar-refractivity contribution in [2.75, 3.05) is 18.4 Å². The minimum Gasteiger partial charge on any atom is -0.298 e. The van der Waals surface area contributed by atoms with Gasteiger partial charge in [0, 0.05) is 17.5 Å². The minimum atomic E-state index is -0.159. The van der Waals surface area contributed by atoms with Gasteiger partial charge in [-0.05, 0) is 56.1 Å². The molecule has 1 saturated heterocycles. The van der Waals surface area contributed by atoms with Crippen molar-refractivity contribution in [2.24, 2.45) is 5.92 Å². The average molecular weight is 382 g/mol. The van der Waals surface area contributed by atoms with E-state index < -0.39 is 0 Å². The zero-order chi connectivity index (χ0) is 18.6. The van der Waals surface area contributed by atoms with E-state index in [2.05, 4.69) is 32.2 Å². The standard InChI is InChI=1S/C19H22N6OS/c1-14-6-8-24(9-7-14)10-16-11-27-19(22-16)23-18(26)15-2-4-17(5-3-15)25-13-20-12-21-25/h2-5,11-14H,6-10H2,1H3,(H,22,23,26). The number of likely N-dealkylation sites (tertiary alicyclic amines) is 1. The monoisotopic (exact) mass is 382 g/mol. The molecule has 0 aliphatic carbocycles. The highest BCUT2D eigenvalue weighted by atomic mass is 32.1. The summed E-state index contributed by atoms with van der Waals surface area (Å²) in [4.78, 5) is 23.4. The van der Waals surface area contributed by atoms with Crippen LogP contribution in [0.5, 0.6) is 0 Å². The Bertz CT molecular complexity index is 881. The van der Waals surface area contributed by atoms with Crippen LogP contribution in [0.3, 0.4) is 0 Å². The smallest absolute Gasteiger partial charge is 0.257 e. The number of aromatic nitrogens is 4. The Hall–Kier alpha value is -2.58. The molecule has 0 spiro atoms. The Morgan fingerprint density at radius 2 is 2.04 bits per heavy atom. The van der Waals surface area contributed by atoms with Crippen LogP contribution < -0.4 is 5.32 Å². The summed E-state index contributed by atoms with van der Waals surface area (Å²) in [5.41, 5.74) is 2.46. The molecule has 7 nitrogen and oxygen atoms in total. The molecule has 8 heteroatoms. The highest BCUT2D eigenvalue weighted by Gasteiger charge is 2.17. The summed E-state index contributed by atoms with van der Waals surface area (Å²) >= 11 is 1.47. The van der Waals surface area contributed by atoms with Gasteiger partial charge in [0.2, 0.25) is 0 Å². The van der Waals surface area contributed by atoms with Gasteiger partial charge in [-0.25, -0.2) is 14.6 Å². The first-order valence-electron chi connectivity index (χ1n) is 9.10. The van der Waals surface area contributed by atoms with E-state index in [9.17, 15) is 4.79 Å². The molecule has 0 unspecified atom stereocenters. The molecular weight excluding hydrogens is 360 g/mol. The van der Waals surface area contributed by atoms with Crippen molar-refractivity contribution >= 4 is 22.4 Å². The number of anilines is 1. The lowest BCUT2D eigenvalue weighted by Crippen LogP contribution is -2.32. The molecule has 1 aliphatic rings. The molecule has 27 heavy (non-hydrogen) atoms. The zero-order valence-electron chi connectivity index (χ0n) is 15.2. The number of carbonyl (C=O) groups is 1. The number of rotatable bonds is 5.